The molecule has 1 aromatic carbocycles. The first-order valence-electron chi connectivity index (χ1n) is 8.08. The SMILES string of the molecule is N#Cc1c(N2CCC(=CC=Cc3cccc(Cl)c3)CC2)ccnc1Cl. The van der Waals surface area contributed by atoms with Gasteiger partial charge in [-0.25, -0.2) is 4.98 Å². The van der Waals surface area contributed by atoms with Gasteiger partial charge in [-0.2, -0.15) is 5.26 Å². The van der Waals surface area contributed by atoms with Crippen LogP contribution in [0.15, 0.2) is 54.3 Å². The van der Waals surface area contributed by atoms with Crippen molar-refractivity contribution >= 4 is 35.0 Å². The molecule has 0 amide bonds. The van der Waals surface area contributed by atoms with Crippen molar-refractivity contribution in [3.63, 3.8) is 0 Å². The quantitative estimate of drug-likeness (QED) is 0.670. The summed E-state index contributed by atoms with van der Waals surface area (Å²) in [6.07, 6.45) is 9.87. The molecule has 3 rings (SSSR count). The molecule has 2 heterocycles. The summed E-state index contributed by atoms with van der Waals surface area (Å²) >= 11 is 12.0. The highest BCUT2D eigenvalue weighted by Gasteiger charge is 2.18. The van der Waals surface area contributed by atoms with Gasteiger partial charge in [-0.15, -0.1) is 0 Å². The molecule has 1 aliphatic rings. The maximum Gasteiger partial charge on any atom is 0.148 e. The maximum atomic E-state index is 9.29. The Kier molecular flexibility index (Phi) is 5.75. The molecular weight excluding hydrogens is 353 g/mol. The third-order valence-electron chi connectivity index (χ3n) is 4.21. The first-order valence-corrected chi connectivity index (χ1v) is 8.84. The molecule has 126 valence electrons. The second kappa shape index (κ2) is 8.20. The number of benzene rings is 1. The lowest BCUT2D eigenvalue weighted by Crippen LogP contribution is -2.31. The van der Waals surface area contributed by atoms with E-state index in [1.54, 1.807) is 6.20 Å². The first kappa shape index (κ1) is 17.5. The molecule has 2 aromatic rings. The molecule has 0 unspecified atom stereocenters. The molecule has 0 radical (unpaired) electrons. The van der Waals surface area contributed by atoms with Crippen LogP contribution < -0.4 is 4.90 Å². The number of pyridine rings is 1. The van der Waals surface area contributed by atoms with Crippen LogP contribution in [0.2, 0.25) is 10.2 Å². The van der Waals surface area contributed by atoms with Crippen LogP contribution in [0.5, 0.6) is 0 Å². The van der Waals surface area contributed by atoms with Gasteiger partial charge in [-0.3, -0.25) is 0 Å². The monoisotopic (exact) mass is 369 g/mol. The largest absolute Gasteiger partial charge is 0.370 e. The number of hydrogen-bond donors (Lipinski definition) is 0. The Labute approximate surface area is 157 Å². The summed E-state index contributed by atoms with van der Waals surface area (Å²) in [7, 11) is 0. The van der Waals surface area contributed by atoms with Gasteiger partial charge in [0, 0.05) is 24.3 Å². The zero-order chi connectivity index (χ0) is 17.6. The van der Waals surface area contributed by atoms with E-state index in [-0.39, 0.29) is 5.15 Å². The fourth-order valence-corrected chi connectivity index (χ4v) is 3.30. The summed E-state index contributed by atoms with van der Waals surface area (Å²) in [5.41, 5.74) is 3.81. The zero-order valence-corrected chi connectivity index (χ0v) is 15.1. The Balaban J connectivity index is 1.64. The number of rotatable bonds is 3. The van der Waals surface area contributed by atoms with Crippen molar-refractivity contribution in [3.8, 4) is 6.07 Å². The summed E-state index contributed by atoms with van der Waals surface area (Å²) in [4.78, 5) is 6.18. The Morgan fingerprint density at radius 3 is 2.68 bits per heavy atom. The van der Waals surface area contributed by atoms with Gasteiger partial charge >= 0.3 is 0 Å². The molecule has 5 heteroatoms. The number of allylic oxidation sites excluding steroid dienone is 2. The lowest BCUT2D eigenvalue weighted by atomic mass is 10.0. The van der Waals surface area contributed by atoms with Crippen LogP contribution in [0, 0.1) is 11.3 Å². The van der Waals surface area contributed by atoms with E-state index in [0.29, 0.717) is 5.56 Å². The molecular formula is C20H17Cl2N3. The van der Waals surface area contributed by atoms with Crippen LogP contribution >= 0.6 is 23.2 Å². The lowest BCUT2D eigenvalue weighted by molar-refractivity contribution is 0.684. The van der Waals surface area contributed by atoms with Gasteiger partial charge in [0.05, 0.1) is 5.69 Å². The molecule has 0 saturated carbocycles. The molecule has 3 nitrogen and oxygen atoms in total. The van der Waals surface area contributed by atoms with Crippen molar-refractivity contribution in [2.24, 2.45) is 0 Å². The Bertz CT molecular complexity index is 855. The number of nitrogens with zero attached hydrogens (tertiary/aromatic N) is 3. The van der Waals surface area contributed by atoms with Gasteiger partial charge in [-0.05, 0) is 36.6 Å². The number of anilines is 1. The zero-order valence-electron chi connectivity index (χ0n) is 13.6. The number of hydrogen-bond acceptors (Lipinski definition) is 3. The number of nitriles is 1. The van der Waals surface area contributed by atoms with Crippen molar-refractivity contribution in [2.45, 2.75) is 12.8 Å². The summed E-state index contributed by atoms with van der Waals surface area (Å²) in [5.74, 6) is 0. The molecule has 0 bridgehead atoms. The van der Waals surface area contributed by atoms with Gasteiger partial charge in [0.1, 0.15) is 16.8 Å². The molecule has 1 aromatic heterocycles. The third kappa shape index (κ3) is 4.42. The van der Waals surface area contributed by atoms with Gasteiger partial charge < -0.3 is 4.90 Å². The second-order valence-corrected chi connectivity index (χ2v) is 6.63. The highest BCUT2D eigenvalue weighted by molar-refractivity contribution is 6.31. The highest BCUT2D eigenvalue weighted by atomic mass is 35.5. The van der Waals surface area contributed by atoms with E-state index < -0.39 is 0 Å². The summed E-state index contributed by atoms with van der Waals surface area (Å²) in [6, 6.07) is 11.8. The van der Waals surface area contributed by atoms with E-state index in [1.165, 1.54) is 5.57 Å². The smallest absolute Gasteiger partial charge is 0.148 e. The summed E-state index contributed by atoms with van der Waals surface area (Å²) < 4.78 is 0. The molecule has 0 spiro atoms. The van der Waals surface area contributed by atoms with Crippen molar-refractivity contribution in [1.82, 2.24) is 4.98 Å². The molecule has 0 N–H and O–H groups in total. The Morgan fingerprint density at radius 1 is 1.16 bits per heavy atom. The number of piperidine rings is 1. The van der Waals surface area contributed by atoms with Gasteiger partial charge in [0.15, 0.2) is 0 Å². The highest BCUT2D eigenvalue weighted by Crippen LogP contribution is 2.28. The van der Waals surface area contributed by atoms with E-state index in [9.17, 15) is 5.26 Å². The van der Waals surface area contributed by atoms with Crippen LogP contribution in [0.25, 0.3) is 6.08 Å². The normalized spacial score (nSPS) is 14.6. The van der Waals surface area contributed by atoms with Crippen LogP contribution in [-0.4, -0.2) is 18.1 Å². The van der Waals surface area contributed by atoms with Crippen LogP contribution in [-0.2, 0) is 0 Å². The van der Waals surface area contributed by atoms with Crippen molar-refractivity contribution in [2.75, 3.05) is 18.0 Å². The minimum Gasteiger partial charge on any atom is -0.370 e. The standard InChI is InChI=1S/C20H17Cl2N3/c21-17-6-2-5-16(13-17)4-1-3-15-8-11-25(12-9-15)19-7-10-24-20(22)18(19)14-23/h1-7,10,13H,8-9,11-12H2. The number of aromatic nitrogens is 1. The molecule has 1 aliphatic heterocycles. The molecule has 1 fully saturated rings. The van der Waals surface area contributed by atoms with Crippen LogP contribution in [0.4, 0.5) is 5.69 Å². The van der Waals surface area contributed by atoms with Crippen molar-refractivity contribution < 1.29 is 0 Å². The molecule has 25 heavy (non-hydrogen) atoms. The minimum atomic E-state index is 0.269. The predicted molar refractivity (Wildman–Crippen MR) is 104 cm³/mol. The average molecular weight is 370 g/mol. The van der Waals surface area contributed by atoms with Crippen molar-refractivity contribution in [1.29, 1.82) is 5.26 Å². The predicted octanol–water partition coefficient (Wildman–Crippen LogP) is 5.50. The van der Waals surface area contributed by atoms with E-state index in [0.717, 1.165) is 42.2 Å². The van der Waals surface area contributed by atoms with Gasteiger partial charge in [-0.1, -0.05) is 59.1 Å². The first-order chi connectivity index (χ1) is 12.2. The van der Waals surface area contributed by atoms with Crippen LogP contribution in [0.3, 0.4) is 0 Å². The maximum absolute atomic E-state index is 9.29. The topological polar surface area (TPSA) is 39.9 Å². The van der Waals surface area contributed by atoms with Gasteiger partial charge in [0.2, 0.25) is 0 Å². The fraction of sp³-hybridized carbons (Fsp3) is 0.200. The number of halogens is 2. The minimum absolute atomic E-state index is 0.269. The van der Waals surface area contributed by atoms with E-state index in [2.05, 4.69) is 34.2 Å². The average Bonchev–Trinajstić information content (AvgIpc) is 2.62. The lowest BCUT2D eigenvalue weighted by Gasteiger charge is -2.31. The molecule has 0 atom stereocenters. The third-order valence-corrected chi connectivity index (χ3v) is 4.73. The molecule has 1 saturated heterocycles. The second-order valence-electron chi connectivity index (χ2n) is 5.83. The van der Waals surface area contributed by atoms with Crippen LogP contribution in [0.1, 0.15) is 24.0 Å². The van der Waals surface area contributed by atoms with E-state index in [1.807, 2.05) is 30.3 Å². The Morgan fingerprint density at radius 2 is 1.96 bits per heavy atom. The summed E-state index contributed by atoms with van der Waals surface area (Å²) in [5, 5.41) is 10.3. The van der Waals surface area contributed by atoms with E-state index >= 15 is 0 Å². The molecule has 0 aliphatic carbocycles. The Hall–Kier alpha value is -2.28. The van der Waals surface area contributed by atoms with Gasteiger partial charge in [0.25, 0.3) is 0 Å². The summed E-state index contributed by atoms with van der Waals surface area (Å²) in [6.45, 7) is 1.73. The van der Waals surface area contributed by atoms with E-state index in [4.69, 9.17) is 23.2 Å². The van der Waals surface area contributed by atoms with Crippen molar-refractivity contribution in [3.05, 3.63) is 75.6 Å². The fourth-order valence-electron chi connectivity index (χ4n) is 2.90.